The average Bonchev–Trinajstić information content (AvgIpc) is 2.71. The van der Waals surface area contributed by atoms with Gasteiger partial charge in [0.15, 0.2) is 0 Å². The highest BCUT2D eigenvalue weighted by molar-refractivity contribution is 5.96. The standard InChI is InChI=1S/C14H17FN2O2/c1-9(2)14(19)16-11-7-13(18)17(8-11)12-5-3-10(15)4-6-12/h3-6,9,11H,7-8H2,1-2H3,(H,16,19)/t11-/m1/s1. The molecular weight excluding hydrogens is 247 g/mol. The minimum Gasteiger partial charge on any atom is -0.351 e. The molecule has 0 bridgehead atoms. The number of carbonyl (C=O) groups is 2. The Morgan fingerprint density at radius 2 is 2.00 bits per heavy atom. The van der Waals surface area contributed by atoms with Gasteiger partial charge in [-0.1, -0.05) is 13.8 Å². The van der Waals surface area contributed by atoms with Gasteiger partial charge in [0.1, 0.15) is 5.82 Å². The average molecular weight is 264 g/mol. The second-order valence-corrected chi connectivity index (χ2v) is 5.05. The van der Waals surface area contributed by atoms with E-state index in [4.69, 9.17) is 0 Å². The molecule has 1 heterocycles. The van der Waals surface area contributed by atoms with Crippen LogP contribution in [0.1, 0.15) is 20.3 Å². The molecule has 0 unspecified atom stereocenters. The molecule has 0 radical (unpaired) electrons. The number of nitrogens with one attached hydrogen (secondary N) is 1. The molecule has 19 heavy (non-hydrogen) atoms. The van der Waals surface area contributed by atoms with E-state index in [0.29, 0.717) is 12.2 Å². The summed E-state index contributed by atoms with van der Waals surface area (Å²) < 4.78 is 12.8. The number of nitrogens with zero attached hydrogens (tertiary/aromatic N) is 1. The van der Waals surface area contributed by atoms with Gasteiger partial charge in [0.25, 0.3) is 0 Å². The molecule has 1 aliphatic rings. The van der Waals surface area contributed by atoms with Crippen LogP contribution >= 0.6 is 0 Å². The van der Waals surface area contributed by atoms with Crippen molar-refractivity contribution in [3.05, 3.63) is 30.1 Å². The zero-order valence-electron chi connectivity index (χ0n) is 11.0. The Balaban J connectivity index is 2.03. The Hall–Kier alpha value is -1.91. The number of carbonyl (C=O) groups excluding carboxylic acids is 2. The van der Waals surface area contributed by atoms with Gasteiger partial charge in [-0.2, -0.15) is 0 Å². The van der Waals surface area contributed by atoms with Crippen LogP contribution in [0.4, 0.5) is 10.1 Å². The number of benzene rings is 1. The van der Waals surface area contributed by atoms with Crippen molar-refractivity contribution in [2.45, 2.75) is 26.3 Å². The second kappa shape index (κ2) is 5.38. The largest absolute Gasteiger partial charge is 0.351 e. The van der Waals surface area contributed by atoms with Crippen molar-refractivity contribution < 1.29 is 14.0 Å². The highest BCUT2D eigenvalue weighted by atomic mass is 19.1. The number of anilines is 1. The first-order valence-electron chi connectivity index (χ1n) is 6.33. The van der Waals surface area contributed by atoms with Gasteiger partial charge in [-0.3, -0.25) is 9.59 Å². The fourth-order valence-electron chi connectivity index (χ4n) is 2.04. The smallest absolute Gasteiger partial charge is 0.229 e. The van der Waals surface area contributed by atoms with Crippen molar-refractivity contribution in [3.63, 3.8) is 0 Å². The summed E-state index contributed by atoms with van der Waals surface area (Å²) in [4.78, 5) is 25.1. The molecule has 1 atom stereocenters. The lowest BCUT2D eigenvalue weighted by Gasteiger charge is -2.17. The molecule has 1 aromatic rings. The fourth-order valence-corrected chi connectivity index (χ4v) is 2.04. The van der Waals surface area contributed by atoms with Gasteiger partial charge in [-0.15, -0.1) is 0 Å². The minimum atomic E-state index is -0.333. The zero-order chi connectivity index (χ0) is 14.0. The normalized spacial score (nSPS) is 19.1. The van der Waals surface area contributed by atoms with E-state index in [1.807, 2.05) is 13.8 Å². The maximum absolute atomic E-state index is 12.8. The molecule has 1 fully saturated rings. The summed E-state index contributed by atoms with van der Waals surface area (Å²) in [6.07, 6.45) is 0.288. The number of hydrogen-bond acceptors (Lipinski definition) is 2. The molecule has 1 aromatic carbocycles. The summed E-state index contributed by atoms with van der Waals surface area (Å²) in [5, 5.41) is 2.84. The molecule has 0 saturated carbocycles. The molecule has 2 rings (SSSR count). The van der Waals surface area contributed by atoms with E-state index in [1.165, 1.54) is 12.1 Å². The Labute approximate surface area is 111 Å². The van der Waals surface area contributed by atoms with Crippen molar-refractivity contribution in [1.82, 2.24) is 5.32 Å². The number of rotatable bonds is 3. The van der Waals surface area contributed by atoms with Crippen molar-refractivity contribution in [2.75, 3.05) is 11.4 Å². The lowest BCUT2D eigenvalue weighted by molar-refractivity contribution is -0.124. The van der Waals surface area contributed by atoms with Gasteiger partial charge in [0, 0.05) is 24.6 Å². The Bertz CT molecular complexity index is 485. The summed E-state index contributed by atoms with van der Waals surface area (Å²) in [7, 11) is 0. The van der Waals surface area contributed by atoms with Gasteiger partial charge < -0.3 is 10.2 Å². The van der Waals surface area contributed by atoms with Crippen LogP contribution in [0.15, 0.2) is 24.3 Å². The third-order valence-electron chi connectivity index (χ3n) is 3.13. The molecule has 1 saturated heterocycles. The molecule has 102 valence electrons. The molecule has 5 heteroatoms. The summed E-state index contributed by atoms with van der Waals surface area (Å²) in [6, 6.07) is 5.61. The van der Waals surface area contributed by atoms with Gasteiger partial charge in [-0.05, 0) is 24.3 Å². The molecule has 0 spiro atoms. The van der Waals surface area contributed by atoms with Gasteiger partial charge >= 0.3 is 0 Å². The van der Waals surface area contributed by atoms with Crippen molar-refractivity contribution in [3.8, 4) is 0 Å². The lowest BCUT2D eigenvalue weighted by atomic mass is 10.2. The third-order valence-corrected chi connectivity index (χ3v) is 3.13. The molecular formula is C14H17FN2O2. The van der Waals surface area contributed by atoms with E-state index in [9.17, 15) is 14.0 Å². The predicted octanol–water partition coefficient (Wildman–Crippen LogP) is 1.70. The van der Waals surface area contributed by atoms with E-state index in [0.717, 1.165) is 0 Å². The van der Waals surface area contributed by atoms with Crippen LogP contribution in [0.2, 0.25) is 0 Å². The maximum atomic E-state index is 12.8. The number of amides is 2. The second-order valence-electron chi connectivity index (χ2n) is 5.05. The molecule has 4 nitrogen and oxygen atoms in total. The maximum Gasteiger partial charge on any atom is 0.229 e. The van der Waals surface area contributed by atoms with Crippen LogP contribution in [-0.4, -0.2) is 24.4 Å². The SMILES string of the molecule is CC(C)C(=O)N[C@@H]1CC(=O)N(c2ccc(F)cc2)C1. The first-order chi connectivity index (χ1) is 8.97. The van der Waals surface area contributed by atoms with Crippen LogP contribution in [0.3, 0.4) is 0 Å². The first kappa shape index (κ1) is 13.5. The van der Waals surface area contributed by atoms with Crippen LogP contribution in [0.5, 0.6) is 0 Å². The van der Waals surface area contributed by atoms with E-state index >= 15 is 0 Å². The summed E-state index contributed by atoms with van der Waals surface area (Å²) in [5.41, 5.74) is 0.660. The van der Waals surface area contributed by atoms with Crippen LogP contribution in [0, 0.1) is 11.7 Å². The zero-order valence-corrected chi connectivity index (χ0v) is 11.0. The van der Waals surface area contributed by atoms with Crippen molar-refractivity contribution >= 4 is 17.5 Å². The summed E-state index contributed by atoms with van der Waals surface area (Å²) in [6.45, 7) is 4.05. The predicted molar refractivity (Wildman–Crippen MR) is 70.1 cm³/mol. The molecule has 1 aliphatic heterocycles. The van der Waals surface area contributed by atoms with Gasteiger partial charge in [0.2, 0.25) is 11.8 Å². The fraction of sp³-hybridized carbons (Fsp3) is 0.429. The molecule has 1 N–H and O–H groups in total. The van der Waals surface area contributed by atoms with Crippen molar-refractivity contribution in [1.29, 1.82) is 0 Å². The van der Waals surface area contributed by atoms with Crippen molar-refractivity contribution in [2.24, 2.45) is 5.92 Å². The van der Waals surface area contributed by atoms with Gasteiger partial charge in [-0.25, -0.2) is 4.39 Å². The van der Waals surface area contributed by atoms with Gasteiger partial charge in [0.05, 0.1) is 6.04 Å². The highest BCUT2D eigenvalue weighted by Crippen LogP contribution is 2.21. The molecule has 0 aliphatic carbocycles. The number of halogens is 1. The Morgan fingerprint density at radius 1 is 1.37 bits per heavy atom. The first-order valence-corrected chi connectivity index (χ1v) is 6.33. The Morgan fingerprint density at radius 3 is 2.58 bits per heavy atom. The van der Waals surface area contributed by atoms with E-state index in [-0.39, 0.29) is 36.0 Å². The van der Waals surface area contributed by atoms with Crippen LogP contribution < -0.4 is 10.2 Å². The molecule has 0 aromatic heterocycles. The topological polar surface area (TPSA) is 49.4 Å². The lowest BCUT2D eigenvalue weighted by Crippen LogP contribution is -2.39. The summed E-state index contributed by atoms with van der Waals surface area (Å²) in [5.74, 6) is -0.547. The minimum absolute atomic E-state index is 0.0549. The summed E-state index contributed by atoms with van der Waals surface area (Å²) >= 11 is 0. The third kappa shape index (κ3) is 3.10. The number of hydrogen-bond donors (Lipinski definition) is 1. The monoisotopic (exact) mass is 264 g/mol. The quantitative estimate of drug-likeness (QED) is 0.903. The molecule has 2 amide bonds. The van der Waals surface area contributed by atoms with E-state index in [1.54, 1.807) is 17.0 Å². The van der Waals surface area contributed by atoms with Crippen LogP contribution in [-0.2, 0) is 9.59 Å². The Kier molecular flexibility index (Phi) is 3.83. The van der Waals surface area contributed by atoms with E-state index < -0.39 is 0 Å². The van der Waals surface area contributed by atoms with E-state index in [2.05, 4.69) is 5.32 Å². The van der Waals surface area contributed by atoms with Crippen LogP contribution in [0.25, 0.3) is 0 Å². The highest BCUT2D eigenvalue weighted by Gasteiger charge is 2.31.